The number of rotatable bonds is 6. The van der Waals surface area contributed by atoms with E-state index in [9.17, 15) is 9.18 Å². The highest BCUT2D eigenvalue weighted by atomic mass is 79.9. The number of nitrogens with two attached hydrogens (primary N) is 1. The van der Waals surface area contributed by atoms with E-state index in [0.29, 0.717) is 10.0 Å². The van der Waals surface area contributed by atoms with Crippen LogP contribution in [0.3, 0.4) is 0 Å². The minimum atomic E-state index is -0.844. The molecule has 0 spiro atoms. The molecule has 1 aromatic carbocycles. The third-order valence-corrected chi connectivity index (χ3v) is 2.90. The van der Waals surface area contributed by atoms with E-state index in [0.717, 1.165) is 0 Å². The normalized spacial score (nSPS) is 11.7. The van der Waals surface area contributed by atoms with Gasteiger partial charge in [0.2, 0.25) is 5.91 Å². The van der Waals surface area contributed by atoms with Crippen molar-refractivity contribution in [3.8, 4) is 0 Å². The summed E-state index contributed by atoms with van der Waals surface area (Å²) in [6, 6.07) is 3.14. The van der Waals surface area contributed by atoms with Gasteiger partial charge >= 0.3 is 0 Å². The maximum Gasteiger partial charge on any atom is 0.239 e. The van der Waals surface area contributed by atoms with E-state index in [4.69, 9.17) is 11.3 Å². The second kappa shape index (κ2) is 6.95. The fraction of sp³-hybridized carbons (Fsp3) is 0.300. The van der Waals surface area contributed by atoms with Gasteiger partial charge in [-0.15, -0.1) is 0 Å². The standard InChI is InChI=1S/C10H11BrFN5O/c11-8-2-1-6(12)5-7(8)9(10(13)18)15-3-4-16-17-14/h1-2,5,9,15H,3-4H2,(H2,13,18). The Kier molecular flexibility index (Phi) is 5.57. The van der Waals surface area contributed by atoms with Gasteiger partial charge in [-0.2, -0.15) is 0 Å². The maximum absolute atomic E-state index is 13.1. The number of hydrogen-bond donors (Lipinski definition) is 2. The molecule has 96 valence electrons. The molecule has 0 heterocycles. The average Bonchev–Trinajstić information content (AvgIpc) is 2.32. The van der Waals surface area contributed by atoms with Gasteiger partial charge in [0.25, 0.3) is 0 Å². The van der Waals surface area contributed by atoms with Crippen molar-refractivity contribution in [3.63, 3.8) is 0 Å². The van der Waals surface area contributed by atoms with Crippen LogP contribution in [0.5, 0.6) is 0 Å². The summed E-state index contributed by atoms with van der Waals surface area (Å²) < 4.78 is 13.7. The number of halogens is 2. The number of amides is 1. The van der Waals surface area contributed by atoms with Gasteiger partial charge in [0.05, 0.1) is 0 Å². The van der Waals surface area contributed by atoms with E-state index >= 15 is 0 Å². The van der Waals surface area contributed by atoms with Crippen molar-refractivity contribution in [2.45, 2.75) is 6.04 Å². The van der Waals surface area contributed by atoms with Gasteiger partial charge in [0.15, 0.2) is 0 Å². The fourth-order valence-corrected chi connectivity index (χ4v) is 1.88. The van der Waals surface area contributed by atoms with Gasteiger partial charge in [-0.05, 0) is 29.3 Å². The number of benzene rings is 1. The van der Waals surface area contributed by atoms with Crippen LogP contribution in [-0.2, 0) is 4.79 Å². The van der Waals surface area contributed by atoms with Gasteiger partial charge in [0.1, 0.15) is 11.9 Å². The molecule has 0 aliphatic rings. The Morgan fingerprint density at radius 2 is 2.39 bits per heavy atom. The Bertz CT molecular complexity index is 489. The predicted molar refractivity (Wildman–Crippen MR) is 68.1 cm³/mol. The zero-order chi connectivity index (χ0) is 13.5. The Morgan fingerprint density at radius 1 is 1.67 bits per heavy atom. The molecule has 0 radical (unpaired) electrons. The molecule has 6 nitrogen and oxygen atoms in total. The molecule has 1 aromatic rings. The van der Waals surface area contributed by atoms with Gasteiger partial charge in [-0.3, -0.25) is 4.79 Å². The summed E-state index contributed by atoms with van der Waals surface area (Å²) in [6.07, 6.45) is 0. The monoisotopic (exact) mass is 315 g/mol. The number of carbonyl (C=O) groups is 1. The minimum Gasteiger partial charge on any atom is -0.368 e. The van der Waals surface area contributed by atoms with Crippen molar-refractivity contribution in [1.29, 1.82) is 0 Å². The molecule has 0 aliphatic carbocycles. The molecule has 0 saturated carbocycles. The summed E-state index contributed by atoms with van der Waals surface area (Å²) >= 11 is 3.23. The molecule has 18 heavy (non-hydrogen) atoms. The van der Waals surface area contributed by atoms with E-state index in [2.05, 4.69) is 31.3 Å². The quantitative estimate of drug-likeness (QED) is 0.363. The van der Waals surface area contributed by atoms with Gasteiger partial charge in [-0.1, -0.05) is 21.0 Å². The first kappa shape index (κ1) is 14.4. The van der Waals surface area contributed by atoms with E-state index in [1.807, 2.05) is 0 Å². The van der Waals surface area contributed by atoms with Crippen molar-refractivity contribution in [2.75, 3.05) is 13.1 Å². The molecule has 0 aliphatic heterocycles. The molecule has 1 unspecified atom stereocenters. The number of primary amides is 1. The molecule has 0 bridgehead atoms. The molecule has 8 heteroatoms. The molecule has 1 amide bonds. The number of carbonyl (C=O) groups excluding carboxylic acids is 1. The summed E-state index contributed by atoms with van der Waals surface area (Å²) in [7, 11) is 0. The largest absolute Gasteiger partial charge is 0.368 e. The summed E-state index contributed by atoms with van der Waals surface area (Å²) in [6.45, 7) is 0.438. The first-order valence-corrected chi connectivity index (χ1v) is 5.84. The molecule has 3 N–H and O–H groups in total. The maximum atomic E-state index is 13.1. The van der Waals surface area contributed by atoms with E-state index in [1.165, 1.54) is 18.2 Å². The summed E-state index contributed by atoms with van der Waals surface area (Å²) in [5, 5.41) is 6.12. The van der Waals surface area contributed by atoms with Crippen molar-refractivity contribution >= 4 is 21.8 Å². The van der Waals surface area contributed by atoms with E-state index < -0.39 is 17.8 Å². The van der Waals surface area contributed by atoms with Gasteiger partial charge in [-0.25, -0.2) is 4.39 Å². The van der Waals surface area contributed by atoms with Crippen LogP contribution < -0.4 is 11.1 Å². The highest BCUT2D eigenvalue weighted by molar-refractivity contribution is 9.10. The molecule has 0 fully saturated rings. The van der Waals surface area contributed by atoms with Crippen LogP contribution in [0.25, 0.3) is 10.4 Å². The number of hydrogen-bond acceptors (Lipinski definition) is 3. The Morgan fingerprint density at radius 3 is 3.00 bits per heavy atom. The second-order valence-electron chi connectivity index (χ2n) is 3.41. The van der Waals surface area contributed by atoms with Crippen molar-refractivity contribution in [3.05, 3.63) is 44.5 Å². The Labute approximate surface area is 111 Å². The zero-order valence-electron chi connectivity index (χ0n) is 9.31. The van der Waals surface area contributed by atoms with E-state index in [1.54, 1.807) is 0 Å². The Hall–Kier alpha value is -1.63. The van der Waals surface area contributed by atoms with Crippen molar-refractivity contribution in [1.82, 2.24) is 5.32 Å². The second-order valence-corrected chi connectivity index (χ2v) is 4.26. The molecule has 0 saturated heterocycles. The summed E-state index contributed by atoms with van der Waals surface area (Å²) in [5.41, 5.74) is 13.8. The van der Waals surface area contributed by atoms with Crippen LogP contribution in [-0.4, -0.2) is 19.0 Å². The fourth-order valence-electron chi connectivity index (χ4n) is 1.40. The smallest absolute Gasteiger partial charge is 0.239 e. The first-order valence-electron chi connectivity index (χ1n) is 5.04. The SMILES string of the molecule is [N-]=[N+]=NCCNC(C(N)=O)c1cc(F)ccc1Br. The Balaban J connectivity index is 2.87. The highest BCUT2D eigenvalue weighted by Crippen LogP contribution is 2.24. The lowest BCUT2D eigenvalue weighted by Crippen LogP contribution is -2.35. The predicted octanol–water partition coefficient (Wildman–Crippen LogP) is 2.01. The van der Waals surface area contributed by atoms with Crippen LogP contribution >= 0.6 is 15.9 Å². The topological polar surface area (TPSA) is 104 Å². The van der Waals surface area contributed by atoms with Crippen LogP contribution in [0.4, 0.5) is 4.39 Å². The molecular weight excluding hydrogens is 305 g/mol. The lowest BCUT2D eigenvalue weighted by molar-refractivity contribution is -0.120. The lowest BCUT2D eigenvalue weighted by Gasteiger charge is -2.16. The number of nitrogens with zero attached hydrogens (tertiary/aromatic N) is 3. The van der Waals surface area contributed by atoms with Crippen LogP contribution in [0.15, 0.2) is 27.8 Å². The molecule has 0 aromatic heterocycles. The highest BCUT2D eigenvalue weighted by Gasteiger charge is 2.19. The van der Waals surface area contributed by atoms with Gasteiger partial charge in [0, 0.05) is 22.5 Å². The van der Waals surface area contributed by atoms with Crippen molar-refractivity contribution in [2.24, 2.45) is 10.8 Å². The van der Waals surface area contributed by atoms with Crippen molar-refractivity contribution < 1.29 is 9.18 Å². The summed E-state index contributed by atoms with van der Waals surface area (Å²) in [4.78, 5) is 13.9. The van der Waals surface area contributed by atoms with E-state index in [-0.39, 0.29) is 13.1 Å². The summed E-state index contributed by atoms with van der Waals surface area (Å²) in [5.74, 6) is -1.10. The third-order valence-electron chi connectivity index (χ3n) is 2.18. The first-order chi connectivity index (χ1) is 8.56. The van der Waals surface area contributed by atoms with Crippen LogP contribution in [0, 0.1) is 5.82 Å². The zero-order valence-corrected chi connectivity index (χ0v) is 10.9. The average molecular weight is 316 g/mol. The van der Waals surface area contributed by atoms with Crippen LogP contribution in [0.2, 0.25) is 0 Å². The lowest BCUT2D eigenvalue weighted by atomic mass is 10.1. The molecule has 1 rings (SSSR count). The third kappa shape index (κ3) is 3.99. The van der Waals surface area contributed by atoms with Crippen LogP contribution in [0.1, 0.15) is 11.6 Å². The van der Waals surface area contributed by atoms with Gasteiger partial charge < -0.3 is 11.1 Å². The number of nitrogens with one attached hydrogen (secondary N) is 1. The molecular formula is C10H11BrFN5O. The molecule has 1 atom stereocenters. The minimum absolute atomic E-state index is 0.174. The number of azide groups is 1.